The van der Waals surface area contributed by atoms with Gasteiger partial charge >= 0.3 is 33.6 Å². The van der Waals surface area contributed by atoms with E-state index >= 15 is 0 Å². The molecule has 0 rings (SSSR count). The Balaban J connectivity index is 4.48. The number of aliphatic hydroxyl groups excluding tert-OH is 2. The van der Waals surface area contributed by atoms with E-state index in [0.717, 1.165) is 141 Å². The first-order valence-electron chi connectivity index (χ1n) is 38.5. The molecule has 99 heavy (non-hydrogen) atoms. The Labute approximate surface area is 601 Å². The Kier molecular flexibility index (Phi) is 70.2. The minimum Gasteiger partial charge on any atom is -0.463 e. The first-order valence-corrected chi connectivity index (χ1v) is 41.5. The molecule has 0 saturated heterocycles. The van der Waals surface area contributed by atoms with Crippen molar-refractivity contribution in [2.24, 2.45) is 0 Å². The highest BCUT2D eigenvalue weighted by molar-refractivity contribution is 7.47. The highest BCUT2D eigenvalue weighted by Crippen LogP contribution is 2.45. The number of unbranched alkanes of at least 4 members (excludes halogenated alkanes) is 27. The number of ether oxygens (including phenoxy) is 3. The Morgan fingerprint density at radius 3 is 0.859 bits per heavy atom. The van der Waals surface area contributed by atoms with Gasteiger partial charge in [-0.3, -0.25) is 32.5 Å². The van der Waals surface area contributed by atoms with Gasteiger partial charge in [0.25, 0.3) is 0 Å². The molecule has 5 atom stereocenters. The molecule has 18 heteroatoms. The van der Waals surface area contributed by atoms with Crippen LogP contribution in [0.2, 0.25) is 0 Å². The van der Waals surface area contributed by atoms with Crippen LogP contribution in [0.4, 0.5) is 0 Å². The molecular formula is C81H138O16P2. The molecule has 0 aromatic rings. The van der Waals surface area contributed by atoms with E-state index in [1.807, 2.05) is 0 Å². The van der Waals surface area contributed by atoms with E-state index in [-0.39, 0.29) is 19.3 Å². The third kappa shape index (κ3) is 74.7. The highest BCUT2D eigenvalue weighted by atomic mass is 31.2. The van der Waals surface area contributed by atoms with Gasteiger partial charge < -0.3 is 34.2 Å². The number of esters is 3. The van der Waals surface area contributed by atoms with Crippen molar-refractivity contribution in [1.82, 2.24) is 0 Å². The molecule has 0 aliphatic heterocycles. The summed E-state index contributed by atoms with van der Waals surface area (Å²) in [5.74, 6) is -1.61. The number of hydrogen-bond acceptors (Lipinski definition) is 14. The minimum absolute atomic E-state index is 0.0979. The number of phosphoric ester groups is 2. The third-order valence-electron chi connectivity index (χ3n) is 15.9. The van der Waals surface area contributed by atoms with Gasteiger partial charge in [-0.1, -0.05) is 302 Å². The summed E-state index contributed by atoms with van der Waals surface area (Å²) in [6, 6.07) is 0. The van der Waals surface area contributed by atoms with Crippen molar-refractivity contribution in [2.45, 2.75) is 322 Å². The largest absolute Gasteiger partial charge is 0.472 e. The lowest BCUT2D eigenvalue weighted by Gasteiger charge is -2.21. The molecule has 0 aliphatic carbocycles. The maximum Gasteiger partial charge on any atom is 0.472 e. The lowest BCUT2D eigenvalue weighted by Crippen LogP contribution is -2.30. The Bertz CT molecular complexity index is 2330. The number of carbonyl (C=O) groups excluding carboxylic acids is 3. The number of carbonyl (C=O) groups is 3. The summed E-state index contributed by atoms with van der Waals surface area (Å²) in [6.07, 6.45) is 87.9. The van der Waals surface area contributed by atoms with Gasteiger partial charge in [0.15, 0.2) is 6.10 Å². The van der Waals surface area contributed by atoms with Gasteiger partial charge in [-0.15, -0.1) is 0 Å². The molecule has 0 aromatic carbocycles. The third-order valence-corrected chi connectivity index (χ3v) is 17.8. The fraction of sp³-hybridized carbons (Fsp3) is 0.691. The molecule has 16 nitrogen and oxygen atoms in total. The molecule has 0 saturated carbocycles. The molecular weight excluding hydrogens is 1290 g/mol. The topological polar surface area (TPSA) is 231 Å². The summed E-state index contributed by atoms with van der Waals surface area (Å²) in [5.41, 5.74) is 0. The smallest absolute Gasteiger partial charge is 0.463 e. The Morgan fingerprint density at radius 1 is 0.293 bits per heavy atom. The van der Waals surface area contributed by atoms with Crippen LogP contribution < -0.4 is 0 Å². The van der Waals surface area contributed by atoms with Crippen LogP contribution in [0.15, 0.2) is 134 Å². The van der Waals surface area contributed by atoms with Crippen molar-refractivity contribution in [2.75, 3.05) is 39.6 Å². The molecule has 0 spiro atoms. The summed E-state index contributed by atoms with van der Waals surface area (Å²) in [7, 11) is -9.79. The van der Waals surface area contributed by atoms with E-state index < -0.39 is 91.5 Å². The molecule has 0 aromatic heterocycles. The number of hydrogen-bond donors (Lipinski definition) is 4. The van der Waals surface area contributed by atoms with Crippen molar-refractivity contribution >= 4 is 33.6 Å². The number of aliphatic hydroxyl groups is 2. The van der Waals surface area contributed by atoms with E-state index in [1.54, 1.807) is 0 Å². The lowest BCUT2D eigenvalue weighted by molar-refractivity contribution is -0.161. The summed E-state index contributed by atoms with van der Waals surface area (Å²) in [6.45, 7) is 2.42. The van der Waals surface area contributed by atoms with E-state index in [9.17, 15) is 43.5 Å². The molecule has 0 radical (unpaired) electrons. The van der Waals surface area contributed by atoms with Crippen LogP contribution in [0.1, 0.15) is 303 Å². The predicted octanol–water partition coefficient (Wildman–Crippen LogP) is 22.3. The second-order valence-corrected chi connectivity index (χ2v) is 28.3. The predicted molar refractivity (Wildman–Crippen MR) is 408 cm³/mol. The van der Waals surface area contributed by atoms with Crippen molar-refractivity contribution in [3.63, 3.8) is 0 Å². The molecule has 0 bridgehead atoms. The van der Waals surface area contributed by atoms with Crippen LogP contribution in [0, 0.1) is 0 Å². The van der Waals surface area contributed by atoms with E-state index in [4.69, 9.17) is 32.3 Å². The van der Waals surface area contributed by atoms with Crippen LogP contribution in [0.3, 0.4) is 0 Å². The van der Waals surface area contributed by atoms with Crippen LogP contribution in [0.5, 0.6) is 0 Å². The lowest BCUT2D eigenvalue weighted by atomic mass is 10.0. The van der Waals surface area contributed by atoms with Crippen molar-refractivity contribution in [1.29, 1.82) is 0 Å². The van der Waals surface area contributed by atoms with Crippen LogP contribution in [-0.2, 0) is 55.8 Å². The Hall–Kier alpha value is -4.31. The van der Waals surface area contributed by atoms with Gasteiger partial charge in [-0.25, -0.2) is 9.13 Å². The first-order chi connectivity index (χ1) is 48.2. The summed E-state index contributed by atoms with van der Waals surface area (Å²) < 4.78 is 61.0. The SMILES string of the molecule is CC/C=C\C/C=C\C/C=C\C/C=C\C/C=C\C/C=C\CCCCCCCCCCCCCCC(=O)OCC(O)COP(=O)(O)OCC(O)COP(=O)(O)OCC(COC(=O)CCCCC/C=C\C/C=C\C/C=C\C/C=C\C/C=C\CC)OC(=O)CCCCCCCCCCCCCCC. The van der Waals surface area contributed by atoms with Gasteiger partial charge in [-0.2, -0.15) is 0 Å². The summed E-state index contributed by atoms with van der Waals surface area (Å²) >= 11 is 0. The van der Waals surface area contributed by atoms with Gasteiger partial charge in [0.2, 0.25) is 0 Å². The fourth-order valence-electron chi connectivity index (χ4n) is 10.1. The molecule has 5 unspecified atom stereocenters. The van der Waals surface area contributed by atoms with Gasteiger partial charge in [0.1, 0.15) is 25.4 Å². The van der Waals surface area contributed by atoms with Crippen molar-refractivity contribution in [3.8, 4) is 0 Å². The molecule has 0 aliphatic rings. The summed E-state index contributed by atoms with van der Waals surface area (Å²) in [5, 5.41) is 20.6. The zero-order chi connectivity index (χ0) is 72.3. The van der Waals surface area contributed by atoms with Crippen LogP contribution >= 0.6 is 15.6 Å². The van der Waals surface area contributed by atoms with Crippen molar-refractivity contribution in [3.05, 3.63) is 134 Å². The van der Waals surface area contributed by atoms with E-state index in [1.165, 1.54) is 103 Å². The average molecular weight is 1430 g/mol. The van der Waals surface area contributed by atoms with E-state index in [2.05, 4.69) is 154 Å². The Morgan fingerprint density at radius 2 is 0.535 bits per heavy atom. The molecule has 4 N–H and O–H groups in total. The monoisotopic (exact) mass is 1430 g/mol. The molecule has 0 fully saturated rings. The number of allylic oxidation sites excluding steroid dienone is 22. The zero-order valence-electron chi connectivity index (χ0n) is 61.9. The molecule has 0 heterocycles. The molecule has 568 valence electrons. The fourth-order valence-corrected chi connectivity index (χ4v) is 11.7. The van der Waals surface area contributed by atoms with Crippen LogP contribution in [-0.4, -0.2) is 95.9 Å². The standard InChI is InChI=1S/C81H138O16P2/c1-4-7-10-13-16-19-22-25-27-29-31-32-33-34-35-36-37-38-39-40-41-42-44-46-47-50-52-55-58-61-64-67-79(84)91-70-76(82)71-93-98(87,88)94-72-77(83)73-95-99(89,90)96-75-78(97-81(86)69-66-63-60-57-54-49-24-21-18-15-12-9-6-3)74-92-80(85)68-65-62-59-56-53-51-48-45-43-30-28-26-23-20-17-14-11-8-5-2/h7-8,10-11,16-17,19-20,25-28,31-32,34-35,37-38,43,45,51,53,76-78,82-83H,4-6,9,12-15,18,21-24,29-30,33,36,39-42,44,46-50,52,54-75H2,1-3H3,(H,87,88)(H,89,90)/b10-7-,11-8-,19-16-,20-17-,27-25-,28-26-,32-31-,35-34-,38-37-,45-43-,53-51-. The zero-order valence-corrected chi connectivity index (χ0v) is 63.7. The number of phosphoric acid groups is 2. The maximum atomic E-state index is 12.9. The summed E-state index contributed by atoms with van der Waals surface area (Å²) in [4.78, 5) is 58.5. The van der Waals surface area contributed by atoms with Crippen molar-refractivity contribution < 1.29 is 75.8 Å². The minimum atomic E-state index is -4.93. The van der Waals surface area contributed by atoms with Gasteiger partial charge in [0.05, 0.1) is 26.4 Å². The highest BCUT2D eigenvalue weighted by Gasteiger charge is 2.29. The number of rotatable bonds is 72. The average Bonchev–Trinajstić information content (AvgIpc) is 1.02. The quantitative estimate of drug-likeness (QED) is 0.0146. The normalized spacial score (nSPS) is 14.8. The second-order valence-electron chi connectivity index (χ2n) is 25.4. The van der Waals surface area contributed by atoms with Crippen LogP contribution in [0.25, 0.3) is 0 Å². The van der Waals surface area contributed by atoms with E-state index in [0.29, 0.717) is 19.3 Å². The molecule has 0 amide bonds. The van der Waals surface area contributed by atoms with Gasteiger partial charge in [0, 0.05) is 19.3 Å². The maximum absolute atomic E-state index is 12.9. The second kappa shape index (κ2) is 73.4. The first kappa shape index (κ1) is 94.7. The van der Waals surface area contributed by atoms with Gasteiger partial charge in [-0.05, 0) is 116 Å².